The number of aryl methyl sites for hydroxylation is 1. The maximum Gasteiger partial charge on any atom is 0.142 e. The molecule has 2 aromatic rings. The highest BCUT2D eigenvalue weighted by Crippen LogP contribution is 2.25. The second-order valence-corrected chi connectivity index (χ2v) is 5.16. The predicted molar refractivity (Wildman–Crippen MR) is 83.9 cm³/mol. The monoisotopic (exact) mass is 309 g/mol. The van der Waals surface area contributed by atoms with E-state index < -0.39 is 6.10 Å². The maximum absolute atomic E-state index is 9.51. The third-order valence-corrected chi connectivity index (χ3v) is 3.67. The first-order valence-corrected chi connectivity index (χ1v) is 7.32. The Morgan fingerprint density at radius 3 is 2.86 bits per heavy atom. The third-order valence-electron chi connectivity index (χ3n) is 3.31. The molecule has 1 aromatic carbocycles. The highest BCUT2D eigenvalue weighted by Gasteiger charge is 2.08. The Balaban J connectivity index is 2.01. The minimum absolute atomic E-state index is 0.199. The van der Waals surface area contributed by atoms with Crippen LogP contribution in [-0.4, -0.2) is 33.4 Å². The van der Waals surface area contributed by atoms with Crippen molar-refractivity contribution in [2.45, 2.75) is 19.6 Å². The molecular formula is C15H20ClN3O2. The number of benzene rings is 1. The zero-order valence-electron chi connectivity index (χ0n) is 12.2. The SMILES string of the molecule is Cc1c(COc2ccccc2NCC(O)CCl)cnn1C. The molecule has 6 heteroatoms. The fourth-order valence-electron chi connectivity index (χ4n) is 1.86. The van der Waals surface area contributed by atoms with Crippen LogP contribution in [0.25, 0.3) is 0 Å². The van der Waals surface area contributed by atoms with Gasteiger partial charge in [-0.3, -0.25) is 4.68 Å². The number of ether oxygens (including phenoxy) is 1. The molecule has 0 amide bonds. The van der Waals surface area contributed by atoms with Gasteiger partial charge in [-0.1, -0.05) is 12.1 Å². The van der Waals surface area contributed by atoms with Gasteiger partial charge >= 0.3 is 0 Å². The van der Waals surface area contributed by atoms with Crippen LogP contribution < -0.4 is 10.1 Å². The van der Waals surface area contributed by atoms with E-state index in [4.69, 9.17) is 16.3 Å². The van der Waals surface area contributed by atoms with E-state index in [-0.39, 0.29) is 5.88 Å². The molecule has 2 rings (SSSR count). The van der Waals surface area contributed by atoms with Crippen LogP contribution in [0.2, 0.25) is 0 Å². The second-order valence-electron chi connectivity index (χ2n) is 4.85. The highest BCUT2D eigenvalue weighted by atomic mass is 35.5. The molecule has 1 atom stereocenters. The van der Waals surface area contributed by atoms with Crippen LogP contribution in [0, 0.1) is 6.92 Å². The number of anilines is 1. The number of aliphatic hydroxyl groups excluding tert-OH is 1. The van der Waals surface area contributed by atoms with Crippen molar-refractivity contribution in [1.82, 2.24) is 9.78 Å². The lowest BCUT2D eigenvalue weighted by molar-refractivity contribution is 0.211. The van der Waals surface area contributed by atoms with Gasteiger partial charge < -0.3 is 15.2 Å². The zero-order chi connectivity index (χ0) is 15.2. The summed E-state index contributed by atoms with van der Waals surface area (Å²) in [6, 6.07) is 7.62. The second kappa shape index (κ2) is 7.33. The van der Waals surface area contributed by atoms with Gasteiger partial charge in [-0.25, -0.2) is 0 Å². The standard InChI is InChI=1S/C15H20ClN3O2/c1-11-12(8-18-19(11)2)10-21-15-6-4-3-5-14(15)17-9-13(20)7-16/h3-6,8,13,17,20H,7,9-10H2,1-2H3. The Bertz CT molecular complexity index is 586. The number of hydrogen-bond acceptors (Lipinski definition) is 4. The average molecular weight is 310 g/mol. The van der Waals surface area contributed by atoms with Crippen LogP contribution in [0.3, 0.4) is 0 Å². The fourth-order valence-corrected chi connectivity index (χ4v) is 1.97. The summed E-state index contributed by atoms with van der Waals surface area (Å²) in [6.45, 7) is 2.85. The smallest absolute Gasteiger partial charge is 0.142 e. The van der Waals surface area contributed by atoms with E-state index in [2.05, 4.69) is 10.4 Å². The molecule has 2 N–H and O–H groups in total. The summed E-state index contributed by atoms with van der Waals surface area (Å²) in [6.07, 6.45) is 1.23. The number of aromatic nitrogens is 2. The Kier molecular flexibility index (Phi) is 5.47. The van der Waals surface area contributed by atoms with E-state index in [0.717, 1.165) is 22.7 Å². The lowest BCUT2D eigenvalue weighted by Gasteiger charge is -2.14. The molecule has 0 saturated carbocycles. The predicted octanol–water partition coefficient (Wildman–Crippen LogP) is 2.32. The molecule has 1 unspecified atom stereocenters. The molecule has 0 aliphatic rings. The van der Waals surface area contributed by atoms with Crippen molar-refractivity contribution in [3.63, 3.8) is 0 Å². The molecule has 0 saturated heterocycles. The Morgan fingerprint density at radius 1 is 1.43 bits per heavy atom. The molecule has 0 fully saturated rings. The summed E-state index contributed by atoms with van der Waals surface area (Å²) >= 11 is 5.59. The largest absolute Gasteiger partial charge is 0.487 e. The highest BCUT2D eigenvalue weighted by molar-refractivity contribution is 6.18. The number of para-hydroxylation sites is 2. The Hall–Kier alpha value is -1.72. The van der Waals surface area contributed by atoms with Gasteiger partial charge in [0.25, 0.3) is 0 Å². The van der Waals surface area contributed by atoms with Crippen molar-refractivity contribution in [3.8, 4) is 5.75 Å². The molecule has 0 bridgehead atoms. The molecule has 1 aromatic heterocycles. The van der Waals surface area contributed by atoms with Crippen LogP contribution in [-0.2, 0) is 13.7 Å². The number of nitrogens with one attached hydrogen (secondary N) is 1. The summed E-state index contributed by atoms with van der Waals surface area (Å²) < 4.78 is 7.67. The van der Waals surface area contributed by atoms with Crippen molar-refractivity contribution in [2.75, 3.05) is 17.7 Å². The molecule has 1 heterocycles. The minimum atomic E-state index is -0.583. The molecule has 21 heavy (non-hydrogen) atoms. The van der Waals surface area contributed by atoms with Gasteiger partial charge in [-0.05, 0) is 19.1 Å². The zero-order valence-corrected chi connectivity index (χ0v) is 13.0. The van der Waals surface area contributed by atoms with Gasteiger partial charge in [-0.2, -0.15) is 5.10 Å². The van der Waals surface area contributed by atoms with Crippen LogP contribution >= 0.6 is 11.6 Å². The fraction of sp³-hybridized carbons (Fsp3) is 0.400. The van der Waals surface area contributed by atoms with Crippen molar-refractivity contribution in [1.29, 1.82) is 0 Å². The lowest BCUT2D eigenvalue weighted by atomic mass is 10.2. The molecule has 114 valence electrons. The van der Waals surface area contributed by atoms with Crippen LogP contribution in [0.5, 0.6) is 5.75 Å². The van der Waals surface area contributed by atoms with Crippen molar-refractivity contribution >= 4 is 17.3 Å². The minimum Gasteiger partial charge on any atom is -0.487 e. The maximum atomic E-state index is 9.51. The van der Waals surface area contributed by atoms with Gasteiger partial charge in [0.15, 0.2) is 0 Å². The molecule has 0 radical (unpaired) electrons. The molecule has 0 spiro atoms. The van der Waals surface area contributed by atoms with E-state index in [1.165, 1.54) is 0 Å². The summed E-state index contributed by atoms with van der Waals surface area (Å²) in [4.78, 5) is 0. The normalized spacial score (nSPS) is 12.2. The molecule has 0 aliphatic carbocycles. The summed E-state index contributed by atoms with van der Waals surface area (Å²) in [5.74, 6) is 0.938. The van der Waals surface area contributed by atoms with Crippen LogP contribution in [0.15, 0.2) is 30.5 Å². The number of aliphatic hydroxyl groups is 1. The van der Waals surface area contributed by atoms with Crippen LogP contribution in [0.4, 0.5) is 5.69 Å². The summed E-state index contributed by atoms with van der Waals surface area (Å²) in [5.41, 5.74) is 2.97. The Morgan fingerprint density at radius 2 is 2.19 bits per heavy atom. The number of nitrogens with zero attached hydrogens (tertiary/aromatic N) is 2. The first kappa shape index (κ1) is 15.7. The van der Waals surface area contributed by atoms with E-state index in [1.54, 1.807) is 0 Å². The van der Waals surface area contributed by atoms with Crippen LogP contribution in [0.1, 0.15) is 11.3 Å². The number of alkyl halides is 1. The van der Waals surface area contributed by atoms with Gasteiger partial charge in [-0.15, -0.1) is 11.6 Å². The van der Waals surface area contributed by atoms with Crippen molar-refractivity contribution in [2.24, 2.45) is 7.05 Å². The van der Waals surface area contributed by atoms with E-state index >= 15 is 0 Å². The molecular weight excluding hydrogens is 290 g/mol. The molecule has 5 nitrogen and oxygen atoms in total. The van der Waals surface area contributed by atoms with Gasteiger partial charge in [0.05, 0.1) is 23.9 Å². The van der Waals surface area contributed by atoms with Crippen molar-refractivity contribution in [3.05, 3.63) is 41.7 Å². The third kappa shape index (κ3) is 4.12. The van der Waals surface area contributed by atoms with Gasteiger partial charge in [0, 0.05) is 24.8 Å². The first-order chi connectivity index (χ1) is 10.1. The van der Waals surface area contributed by atoms with Crippen molar-refractivity contribution < 1.29 is 9.84 Å². The van der Waals surface area contributed by atoms with Gasteiger partial charge in [0.2, 0.25) is 0 Å². The number of halogens is 1. The van der Waals surface area contributed by atoms with E-state index in [0.29, 0.717) is 13.2 Å². The quantitative estimate of drug-likeness (QED) is 0.771. The Labute approximate surface area is 129 Å². The number of rotatable bonds is 7. The van der Waals surface area contributed by atoms with E-state index in [9.17, 15) is 5.11 Å². The average Bonchev–Trinajstić information content (AvgIpc) is 2.83. The van der Waals surface area contributed by atoms with E-state index in [1.807, 2.05) is 49.1 Å². The molecule has 0 aliphatic heterocycles. The first-order valence-electron chi connectivity index (χ1n) is 6.79. The number of hydrogen-bond donors (Lipinski definition) is 2. The summed E-state index contributed by atoms with van der Waals surface area (Å²) in [7, 11) is 1.90. The topological polar surface area (TPSA) is 59.3 Å². The lowest BCUT2D eigenvalue weighted by Crippen LogP contribution is -2.21. The summed E-state index contributed by atoms with van der Waals surface area (Å²) in [5, 5.41) is 16.8. The van der Waals surface area contributed by atoms with Gasteiger partial charge in [0.1, 0.15) is 12.4 Å².